The predicted molar refractivity (Wildman–Crippen MR) is 82.5 cm³/mol. The molecule has 2 aromatic rings. The molecule has 3 rings (SSSR count). The second kappa shape index (κ2) is 10.2. The summed E-state index contributed by atoms with van der Waals surface area (Å²) < 4.78 is 10.8. The Labute approximate surface area is 158 Å². The molecular weight excluding hydrogens is 443 g/mol. The normalized spacial score (nSPS) is 28.5. The molecule has 0 aromatic carbocycles. The summed E-state index contributed by atoms with van der Waals surface area (Å²) in [7, 11) is 4.57. The van der Waals surface area contributed by atoms with Gasteiger partial charge in [0, 0.05) is 6.20 Å². The molecule has 2 unspecified atom stereocenters. The quantitative estimate of drug-likeness (QED) is 0.361. The van der Waals surface area contributed by atoms with Crippen molar-refractivity contribution in [3.05, 3.63) is 37.7 Å². The molecule has 9 nitrogen and oxygen atoms in total. The van der Waals surface area contributed by atoms with Crippen molar-refractivity contribution >= 4 is 9.69 Å². The van der Waals surface area contributed by atoms with Crippen LogP contribution in [0.4, 0.5) is 0 Å². The van der Waals surface area contributed by atoms with Crippen LogP contribution >= 0.6 is 9.69 Å². The SMILES string of the molecule is OCC1O[C@@H](c2nnc(-c3ccccn3)o2)C(O)[C@@H](O)[C@H]1O.[CH3-].[Cl][Ru+]. The summed E-state index contributed by atoms with van der Waals surface area (Å²) in [4.78, 5) is 4.06. The Bertz CT molecular complexity index is 632. The van der Waals surface area contributed by atoms with E-state index in [0.29, 0.717) is 5.69 Å². The van der Waals surface area contributed by atoms with Crippen LogP contribution in [0.2, 0.25) is 0 Å². The summed E-state index contributed by atoms with van der Waals surface area (Å²) in [5.74, 6) is 0.0603. The van der Waals surface area contributed by atoms with Gasteiger partial charge in [-0.05, 0) is 12.1 Å². The van der Waals surface area contributed by atoms with E-state index in [9.17, 15) is 15.3 Å². The standard InChI is InChI=1S/C13H15N3O6.CH3.ClH.Ru/c17-5-7-8(18)9(19)10(20)11(21-7)13-16-15-12(22-13)6-3-1-2-4-14-6;;;/h1-4,7-11,17-20H,5H2;1H3;1H;/q;-1;;+2/p-1/t7?,8-,9-,10?,11+;;;/m0.../s1. The predicted octanol–water partition coefficient (Wildman–Crippen LogP) is -0.216. The molecule has 11 heteroatoms. The van der Waals surface area contributed by atoms with Gasteiger partial charge in [0.2, 0.25) is 5.89 Å². The Morgan fingerprint density at radius 3 is 2.40 bits per heavy atom. The molecule has 0 spiro atoms. The topological polar surface area (TPSA) is 142 Å². The maximum absolute atomic E-state index is 9.99. The third-order valence-electron chi connectivity index (χ3n) is 3.46. The van der Waals surface area contributed by atoms with E-state index in [1.54, 1.807) is 24.4 Å². The molecule has 3 heterocycles. The van der Waals surface area contributed by atoms with E-state index in [2.05, 4.69) is 24.9 Å². The molecule has 1 saturated heterocycles. The molecule has 2 aromatic heterocycles. The zero-order chi connectivity index (χ0) is 17.7. The van der Waals surface area contributed by atoms with Gasteiger partial charge in [-0.25, -0.2) is 0 Å². The Morgan fingerprint density at radius 1 is 1.08 bits per heavy atom. The summed E-state index contributed by atoms with van der Waals surface area (Å²) in [6, 6.07) is 5.16. The van der Waals surface area contributed by atoms with E-state index >= 15 is 0 Å². The number of aliphatic hydroxyl groups excluding tert-OH is 4. The average Bonchev–Trinajstić information content (AvgIpc) is 3.12. The van der Waals surface area contributed by atoms with Gasteiger partial charge in [-0.3, -0.25) is 4.98 Å². The number of halogens is 1. The molecule has 4 N–H and O–H groups in total. The molecule has 0 saturated carbocycles. The Balaban J connectivity index is 0.00000101. The Hall–Kier alpha value is -0.997. The molecule has 5 atom stereocenters. The molecule has 0 amide bonds. The number of rotatable bonds is 3. The van der Waals surface area contributed by atoms with E-state index in [1.807, 2.05) is 17.3 Å². The van der Waals surface area contributed by atoms with Gasteiger partial charge in [0.25, 0.3) is 5.89 Å². The summed E-state index contributed by atoms with van der Waals surface area (Å²) in [6.07, 6.45) is -5.02. The van der Waals surface area contributed by atoms with Crippen LogP contribution < -0.4 is 0 Å². The summed E-state index contributed by atoms with van der Waals surface area (Å²) in [5, 5.41) is 46.2. The minimum absolute atomic E-state index is 0. The van der Waals surface area contributed by atoms with E-state index in [-0.39, 0.29) is 19.2 Å². The van der Waals surface area contributed by atoms with E-state index in [4.69, 9.17) is 14.3 Å². The van der Waals surface area contributed by atoms with Gasteiger partial charge in [-0.15, -0.1) is 10.2 Å². The van der Waals surface area contributed by atoms with E-state index in [0.717, 1.165) is 0 Å². The number of ether oxygens (including phenoxy) is 1. The van der Waals surface area contributed by atoms with Crippen LogP contribution in [0.5, 0.6) is 0 Å². The summed E-state index contributed by atoms with van der Waals surface area (Å²) in [6.45, 7) is -0.525. The molecular formula is C14H18ClN3O6Ru. The Morgan fingerprint density at radius 2 is 1.80 bits per heavy atom. The summed E-state index contributed by atoms with van der Waals surface area (Å²) in [5.41, 5.74) is 0.450. The van der Waals surface area contributed by atoms with Crippen LogP contribution in [0.1, 0.15) is 12.0 Å². The van der Waals surface area contributed by atoms with Crippen molar-refractivity contribution in [3.8, 4) is 11.6 Å². The van der Waals surface area contributed by atoms with Crippen LogP contribution in [-0.4, -0.2) is 66.6 Å². The third-order valence-corrected chi connectivity index (χ3v) is 3.46. The van der Waals surface area contributed by atoms with Crippen LogP contribution in [0.25, 0.3) is 11.6 Å². The number of hydrogen-bond acceptors (Lipinski definition) is 9. The van der Waals surface area contributed by atoms with Crippen LogP contribution in [0.15, 0.2) is 28.8 Å². The van der Waals surface area contributed by atoms with Crippen LogP contribution in [-0.2, 0) is 22.0 Å². The van der Waals surface area contributed by atoms with Crippen LogP contribution in [0.3, 0.4) is 0 Å². The van der Waals surface area contributed by atoms with Crippen molar-refractivity contribution in [1.82, 2.24) is 15.2 Å². The molecule has 1 aliphatic heterocycles. The van der Waals surface area contributed by atoms with Crippen LogP contribution in [0, 0.1) is 7.43 Å². The van der Waals surface area contributed by atoms with Gasteiger partial charge in [0.15, 0.2) is 6.10 Å². The zero-order valence-corrected chi connectivity index (χ0v) is 15.6. The summed E-state index contributed by atoms with van der Waals surface area (Å²) >= 11 is 1.82. The third kappa shape index (κ3) is 4.80. The van der Waals surface area contributed by atoms with Gasteiger partial charge < -0.3 is 37.0 Å². The molecule has 140 valence electrons. The molecule has 0 aliphatic carbocycles. The number of aromatic nitrogens is 3. The molecule has 0 bridgehead atoms. The van der Waals surface area contributed by atoms with Gasteiger partial charge in [-0.2, -0.15) is 0 Å². The van der Waals surface area contributed by atoms with Crippen molar-refractivity contribution in [3.63, 3.8) is 0 Å². The maximum atomic E-state index is 9.99. The van der Waals surface area contributed by atoms with Crippen molar-refractivity contribution in [2.45, 2.75) is 30.5 Å². The van der Waals surface area contributed by atoms with Crippen molar-refractivity contribution in [1.29, 1.82) is 0 Å². The van der Waals surface area contributed by atoms with E-state index in [1.165, 1.54) is 0 Å². The van der Waals surface area contributed by atoms with Gasteiger partial charge in [-0.1, -0.05) is 6.07 Å². The second-order valence-electron chi connectivity index (χ2n) is 4.91. The first-order chi connectivity index (χ1) is 11.6. The van der Waals surface area contributed by atoms with E-state index < -0.39 is 37.1 Å². The Kier molecular flexibility index (Phi) is 9.02. The first-order valence-corrected chi connectivity index (χ1v) is 9.04. The average molecular weight is 461 g/mol. The van der Waals surface area contributed by atoms with Crippen molar-refractivity contribution in [2.24, 2.45) is 0 Å². The van der Waals surface area contributed by atoms with Gasteiger partial charge in [0.1, 0.15) is 30.1 Å². The fourth-order valence-corrected chi connectivity index (χ4v) is 2.25. The molecule has 25 heavy (non-hydrogen) atoms. The first kappa shape index (κ1) is 22.0. The van der Waals surface area contributed by atoms with Crippen molar-refractivity contribution in [2.75, 3.05) is 6.61 Å². The number of nitrogens with zero attached hydrogens (tertiary/aromatic N) is 3. The fourth-order valence-electron chi connectivity index (χ4n) is 2.25. The molecule has 1 fully saturated rings. The minimum atomic E-state index is -1.50. The zero-order valence-electron chi connectivity index (χ0n) is 13.1. The number of aliphatic hydroxyl groups is 4. The first-order valence-electron chi connectivity index (χ1n) is 6.80. The fraction of sp³-hybridized carbons (Fsp3) is 0.429. The van der Waals surface area contributed by atoms with Gasteiger partial charge in [0.05, 0.1) is 6.61 Å². The number of pyridine rings is 1. The molecule has 0 radical (unpaired) electrons. The van der Waals surface area contributed by atoms with Gasteiger partial charge >= 0.3 is 27.0 Å². The second-order valence-corrected chi connectivity index (χ2v) is 4.91. The molecule has 1 aliphatic rings. The van der Waals surface area contributed by atoms with Crippen molar-refractivity contribution < 1.29 is 46.9 Å². The number of hydrogen-bond donors (Lipinski definition) is 4. The monoisotopic (exact) mass is 461 g/mol.